The number of imide groups is 1. The topological polar surface area (TPSA) is 61.8 Å². The molecule has 5 heteroatoms. The van der Waals surface area contributed by atoms with E-state index in [2.05, 4.69) is 10.5 Å². The average molecular weight is 273 g/mol. The van der Waals surface area contributed by atoms with Crippen LogP contribution in [0.3, 0.4) is 0 Å². The molecule has 2 rings (SSSR count). The van der Waals surface area contributed by atoms with Crippen LogP contribution in [-0.4, -0.2) is 28.1 Å². The highest BCUT2D eigenvalue weighted by molar-refractivity contribution is 6.29. The third-order valence-corrected chi connectivity index (χ3v) is 2.89. The van der Waals surface area contributed by atoms with Crippen LogP contribution < -0.4 is 5.43 Å². The van der Waals surface area contributed by atoms with Crippen LogP contribution in [0.1, 0.15) is 54.8 Å². The third-order valence-electron chi connectivity index (χ3n) is 2.89. The van der Waals surface area contributed by atoms with E-state index in [4.69, 9.17) is 0 Å². The fraction of sp³-hybridized carbons (Fsp3) is 0.400. The van der Waals surface area contributed by atoms with E-state index in [1.807, 2.05) is 27.7 Å². The van der Waals surface area contributed by atoms with Crippen molar-refractivity contribution in [3.05, 3.63) is 35.4 Å². The molecule has 1 aromatic rings. The van der Waals surface area contributed by atoms with Gasteiger partial charge in [-0.2, -0.15) is 5.10 Å². The normalized spacial score (nSPS) is 15.6. The van der Waals surface area contributed by atoms with Gasteiger partial charge in [-0.25, -0.2) is 4.90 Å². The molecule has 0 atom stereocenters. The predicted molar refractivity (Wildman–Crippen MR) is 77.6 cm³/mol. The van der Waals surface area contributed by atoms with Crippen LogP contribution in [0, 0.1) is 0 Å². The van der Waals surface area contributed by atoms with Gasteiger partial charge < -0.3 is 5.43 Å². The first-order valence-electron chi connectivity index (χ1n) is 6.66. The second-order valence-electron chi connectivity index (χ2n) is 5.73. The zero-order valence-electron chi connectivity index (χ0n) is 12.2. The van der Waals surface area contributed by atoms with Gasteiger partial charge in [0.2, 0.25) is 0 Å². The van der Waals surface area contributed by atoms with Gasteiger partial charge in [0.05, 0.1) is 11.1 Å². The second-order valence-corrected chi connectivity index (χ2v) is 5.73. The Labute approximate surface area is 118 Å². The molecule has 1 aliphatic rings. The van der Waals surface area contributed by atoms with E-state index >= 15 is 0 Å². The molecule has 1 aromatic carbocycles. The molecule has 20 heavy (non-hydrogen) atoms. The molecule has 0 fully saturated rings. The van der Waals surface area contributed by atoms with Gasteiger partial charge in [-0.3, -0.25) is 9.59 Å². The quantitative estimate of drug-likeness (QED) is 0.389. The van der Waals surface area contributed by atoms with E-state index in [1.165, 1.54) is 0 Å². The lowest BCUT2D eigenvalue weighted by Crippen LogP contribution is -2.40. The fourth-order valence-electron chi connectivity index (χ4n) is 1.94. The molecule has 0 spiro atoms. The average Bonchev–Trinajstić information content (AvgIpc) is 2.64. The van der Waals surface area contributed by atoms with Crippen molar-refractivity contribution in [1.29, 1.82) is 0 Å². The number of amidine groups is 1. The zero-order valence-corrected chi connectivity index (χ0v) is 12.2. The molecule has 1 heterocycles. The second kappa shape index (κ2) is 5.07. The summed E-state index contributed by atoms with van der Waals surface area (Å²) in [4.78, 5) is 25.8. The zero-order chi connectivity index (χ0) is 14.9. The van der Waals surface area contributed by atoms with Gasteiger partial charge in [0.15, 0.2) is 0 Å². The van der Waals surface area contributed by atoms with E-state index in [-0.39, 0.29) is 17.4 Å². The summed E-state index contributed by atoms with van der Waals surface area (Å²) in [5.41, 5.74) is 3.61. The van der Waals surface area contributed by atoms with E-state index < -0.39 is 0 Å². The Morgan fingerprint density at radius 2 is 1.65 bits per heavy atom. The van der Waals surface area contributed by atoms with Gasteiger partial charge >= 0.3 is 0 Å². The van der Waals surface area contributed by atoms with Crippen LogP contribution in [-0.2, 0) is 0 Å². The number of rotatable bonds is 2. The van der Waals surface area contributed by atoms with E-state index in [9.17, 15) is 9.59 Å². The van der Waals surface area contributed by atoms with Gasteiger partial charge in [-0.05, 0) is 32.9 Å². The van der Waals surface area contributed by atoms with Crippen molar-refractivity contribution >= 4 is 17.6 Å². The number of fused-ring (bicyclic) bond motifs is 1. The smallest absolute Gasteiger partial charge is 0.267 e. The van der Waals surface area contributed by atoms with E-state index in [0.29, 0.717) is 23.4 Å². The summed E-state index contributed by atoms with van der Waals surface area (Å²) < 4.78 is 0. The number of hydrogen-bond donors (Lipinski definition) is 1. The van der Waals surface area contributed by atoms with E-state index in [1.54, 1.807) is 24.3 Å². The molecule has 2 amide bonds. The molecule has 0 aliphatic carbocycles. The maximum absolute atomic E-state index is 12.3. The van der Waals surface area contributed by atoms with Crippen LogP contribution in [0.2, 0.25) is 0 Å². The highest BCUT2D eigenvalue weighted by atomic mass is 16.2. The molecule has 1 N–H and O–H groups in total. The first-order valence-corrected chi connectivity index (χ1v) is 6.66. The lowest BCUT2D eigenvalue weighted by Gasteiger charge is -2.21. The number of carbonyl (C=O) groups excluding carboxylic acids is 2. The van der Waals surface area contributed by atoms with Crippen molar-refractivity contribution in [3.8, 4) is 0 Å². The van der Waals surface area contributed by atoms with Crippen LogP contribution in [0.5, 0.6) is 0 Å². The summed E-state index contributed by atoms with van der Waals surface area (Å²) >= 11 is 0. The highest BCUT2D eigenvalue weighted by Crippen LogP contribution is 2.23. The molecule has 106 valence electrons. The molecular formula is C15H19N3O2. The monoisotopic (exact) mass is 273 g/mol. The summed E-state index contributed by atoms with van der Waals surface area (Å²) in [5, 5.41) is 4.23. The number of hydrazone groups is 1. The van der Waals surface area contributed by atoms with Crippen molar-refractivity contribution in [2.75, 3.05) is 0 Å². The Morgan fingerprint density at radius 1 is 1.15 bits per heavy atom. The van der Waals surface area contributed by atoms with Crippen molar-refractivity contribution in [1.82, 2.24) is 10.3 Å². The van der Waals surface area contributed by atoms with Crippen LogP contribution in [0.25, 0.3) is 0 Å². The number of hydrogen-bond acceptors (Lipinski definition) is 4. The van der Waals surface area contributed by atoms with Gasteiger partial charge in [0.1, 0.15) is 5.84 Å². The number of amides is 2. The Balaban J connectivity index is 2.34. The summed E-state index contributed by atoms with van der Waals surface area (Å²) in [6.07, 6.45) is 0.495. The number of carbonyl (C=O) groups is 2. The lowest BCUT2D eigenvalue weighted by atomic mass is 10.1. The third kappa shape index (κ3) is 2.57. The molecule has 0 unspecified atom stereocenters. The summed E-state index contributed by atoms with van der Waals surface area (Å²) in [7, 11) is 0. The van der Waals surface area contributed by atoms with Gasteiger partial charge in [-0.1, -0.05) is 19.1 Å². The van der Waals surface area contributed by atoms with Crippen LogP contribution >= 0.6 is 0 Å². The largest absolute Gasteiger partial charge is 0.303 e. The summed E-state index contributed by atoms with van der Waals surface area (Å²) in [5.74, 6) is -0.171. The first kappa shape index (κ1) is 14.2. The first-order chi connectivity index (χ1) is 9.35. The molecule has 0 bridgehead atoms. The maximum Gasteiger partial charge on any atom is 0.267 e. The minimum atomic E-state index is -0.304. The molecule has 1 aliphatic heterocycles. The Morgan fingerprint density at radius 3 is 2.05 bits per heavy atom. The van der Waals surface area contributed by atoms with Crippen LogP contribution in [0.15, 0.2) is 29.4 Å². The Hall–Kier alpha value is -2.17. The number of nitrogens with zero attached hydrogens (tertiary/aromatic N) is 2. The van der Waals surface area contributed by atoms with Crippen LogP contribution in [0.4, 0.5) is 0 Å². The Bertz CT molecular complexity index is 550. The summed E-state index contributed by atoms with van der Waals surface area (Å²) in [6, 6.07) is 6.84. The van der Waals surface area contributed by atoms with Gasteiger partial charge in [0, 0.05) is 12.0 Å². The minimum Gasteiger partial charge on any atom is -0.303 e. The number of benzene rings is 1. The fourth-order valence-corrected chi connectivity index (χ4v) is 1.94. The van der Waals surface area contributed by atoms with Crippen molar-refractivity contribution in [2.45, 2.75) is 39.7 Å². The minimum absolute atomic E-state index is 0.223. The Kier molecular flexibility index (Phi) is 3.61. The molecule has 0 aromatic heterocycles. The standard InChI is InChI=1S/C15H19N3O2/c1-5-12(16-17-15(2,3)4)18-13(19)10-8-6-7-9-11(10)14(18)20/h6-9,17H,5H2,1-4H3/b16-12+. The molecular weight excluding hydrogens is 254 g/mol. The van der Waals surface area contributed by atoms with Crippen molar-refractivity contribution in [2.24, 2.45) is 5.10 Å². The van der Waals surface area contributed by atoms with Crippen molar-refractivity contribution in [3.63, 3.8) is 0 Å². The van der Waals surface area contributed by atoms with Crippen molar-refractivity contribution < 1.29 is 9.59 Å². The maximum atomic E-state index is 12.3. The number of nitrogens with one attached hydrogen (secondary N) is 1. The van der Waals surface area contributed by atoms with Gasteiger partial charge in [-0.15, -0.1) is 0 Å². The SMILES string of the molecule is CC/C(=N\NC(C)(C)C)N1C(=O)c2ccccc2C1=O. The van der Waals surface area contributed by atoms with E-state index in [0.717, 1.165) is 4.90 Å². The van der Waals surface area contributed by atoms with Gasteiger partial charge in [0.25, 0.3) is 11.8 Å². The summed E-state index contributed by atoms with van der Waals surface area (Å²) in [6.45, 7) is 7.76. The highest BCUT2D eigenvalue weighted by Gasteiger charge is 2.37. The molecule has 5 nitrogen and oxygen atoms in total. The lowest BCUT2D eigenvalue weighted by molar-refractivity contribution is 0.0745. The molecule has 0 saturated heterocycles. The predicted octanol–water partition coefficient (Wildman–Crippen LogP) is 2.39. The molecule has 0 saturated carbocycles. The molecule has 0 radical (unpaired) electrons.